The van der Waals surface area contributed by atoms with Gasteiger partial charge in [-0.15, -0.1) is 0 Å². The van der Waals surface area contributed by atoms with Gasteiger partial charge in [0.15, 0.2) is 0 Å². The molecule has 0 amide bonds. The molecular weight excluding hydrogens is 304 g/mol. The Kier molecular flexibility index (Phi) is 17.0. The Labute approximate surface area is 146 Å². The minimum absolute atomic E-state index is 0.777. The van der Waals surface area contributed by atoms with Gasteiger partial charge in [0.1, 0.15) is 0 Å². The number of hydrogen-bond acceptors (Lipinski definition) is 3. The molecule has 0 aromatic carbocycles. The smallest absolute Gasteiger partial charge is 0.373 e. The first kappa shape index (κ1) is 23.1. The minimum Gasteiger partial charge on any atom is -0.373 e. The first-order chi connectivity index (χ1) is 11.2. The Morgan fingerprint density at radius 2 is 1.00 bits per heavy atom. The quantitative estimate of drug-likeness (QED) is 0.220. The van der Waals surface area contributed by atoms with Crippen LogP contribution in [-0.4, -0.2) is 28.6 Å². The molecule has 139 valence electrons. The summed E-state index contributed by atoms with van der Waals surface area (Å²) in [6.07, 6.45) is 12.5. The molecule has 0 spiro atoms. The lowest BCUT2D eigenvalue weighted by Gasteiger charge is -2.30. The van der Waals surface area contributed by atoms with E-state index in [0.717, 1.165) is 58.0 Å². The van der Waals surface area contributed by atoms with Gasteiger partial charge in [-0.1, -0.05) is 72.6 Å². The molecule has 0 aliphatic rings. The molecular formula is C19H41O3Si. The summed E-state index contributed by atoms with van der Waals surface area (Å²) >= 11 is 0. The summed E-state index contributed by atoms with van der Waals surface area (Å²) in [6, 6.07) is 0.918. The van der Waals surface area contributed by atoms with Crippen LogP contribution in [0.3, 0.4) is 0 Å². The second kappa shape index (κ2) is 16.9. The van der Waals surface area contributed by atoms with Crippen LogP contribution in [0.2, 0.25) is 6.04 Å². The number of hydrogen-bond donors (Lipinski definition) is 0. The van der Waals surface area contributed by atoms with Crippen molar-refractivity contribution in [2.75, 3.05) is 19.8 Å². The molecule has 0 saturated carbocycles. The molecule has 23 heavy (non-hydrogen) atoms. The minimum atomic E-state index is -2.51. The third kappa shape index (κ3) is 13.1. The van der Waals surface area contributed by atoms with Gasteiger partial charge in [0.25, 0.3) is 0 Å². The Morgan fingerprint density at radius 1 is 0.609 bits per heavy atom. The van der Waals surface area contributed by atoms with Crippen LogP contribution in [-0.2, 0) is 13.3 Å². The Hall–Kier alpha value is 0.0969. The van der Waals surface area contributed by atoms with Crippen molar-refractivity contribution in [3.8, 4) is 0 Å². The molecule has 0 aromatic rings. The Bertz CT molecular complexity index is 205. The summed E-state index contributed by atoms with van der Waals surface area (Å²) in [4.78, 5) is 0. The summed E-state index contributed by atoms with van der Waals surface area (Å²) in [6.45, 7) is 13.0. The molecule has 0 rings (SSSR count). The average molecular weight is 346 g/mol. The Balaban J connectivity index is 4.51. The second-order valence-electron chi connectivity index (χ2n) is 6.31. The zero-order chi connectivity index (χ0) is 17.2. The van der Waals surface area contributed by atoms with E-state index in [1.807, 2.05) is 0 Å². The van der Waals surface area contributed by atoms with Crippen LogP contribution in [0.5, 0.6) is 0 Å². The van der Waals surface area contributed by atoms with E-state index in [-0.39, 0.29) is 0 Å². The zero-order valence-electron chi connectivity index (χ0n) is 16.0. The third-order valence-corrected chi connectivity index (χ3v) is 6.84. The van der Waals surface area contributed by atoms with Gasteiger partial charge in [0.2, 0.25) is 0 Å². The van der Waals surface area contributed by atoms with Crippen molar-refractivity contribution in [2.45, 2.75) is 97.4 Å². The van der Waals surface area contributed by atoms with Gasteiger partial charge in [0, 0.05) is 25.9 Å². The maximum Gasteiger partial charge on any atom is 0.500 e. The van der Waals surface area contributed by atoms with E-state index in [2.05, 4.69) is 27.7 Å². The largest absolute Gasteiger partial charge is 0.500 e. The zero-order valence-corrected chi connectivity index (χ0v) is 17.0. The monoisotopic (exact) mass is 345 g/mol. The molecule has 0 bridgehead atoms. The molecule has 0 aliphatic heterocycles. The molecule has 0 fully saturated rings. The SMILES string of the molecule is [CH2]CCC[Si](OCCCCC)(OCCCCC)OCCCCC. The van der Waals surface area contributed by atoms with Crippen LogP contribution in [0.4, 0.5) is 0 Å². The van der Waals surface area contributed by atoms with Crippen LogP contribution in [0.1, 0.15) is 91.4 Å². The van der Waals surface area contributed by atoms with Crippen LogP contribution in [0.25, 0.3) is 0 Å². The van der Waals surface area contributed by atoms with Gasteiger partial charge < -0.3 is 13.3 Å². The van der Waals surface area contributed by atoms with Gasteiger partial charge in [-0.2, -0.15) is 0 Å². The predicted molar refractivity (Wildman–Crippen MR) is 102 cm³/mol. The van der Waals surface area contributed by atoms with Gasteiger partial charge in [0.05, 0.1) is 0 Å². The van der Waals surface area contributed by atoms with E-state index in [1.54, 1.807) is 0 Å². The van der Waals surface area contributed by atoms with Gasteiger partial charge in [-0.3, -0.25) is 0 Å². The van der Waals surface area contributed by atoms with E-state index in [4.69, 9.17) is 13.3 Å². The highest BCUT2D eigenvalue weighted by atomic mass is 28.4. The summed E-state index contributed by atoms with van der Waals surface area (Å²) < 4.78 is 18.8. The lowest BCUT2D eigenvalue weighted by atomic mass is 10.3. The van der Waals surface area contributed by atoms with Crippen molar-refractivity contribution in [3.63, 3.8) is 0 Å². The first-order valence-electron chi connectivity index (χ1n) is 9.95. The maximum absolute atomic E-state index is 6.26. The molecule has 0 heterocycles. The first-order valence-corrected chi connectivity index (χ1v) is 11.9. The molecule has 0 saturated heterocycles. The van der Waals surface area contributed by atoms with Crippen LogP contribution < -0.4 is 0 Å². The molecule has 1 radical (unpaired) electrons. The van der Waals surface area contributed by atoms with E-state index in [9.17, 15) is 0 Å². The fourth-order valence-corrected chi connectivity index (χ4v) is 5.15. The summed E-state index contributed by atoms with van der Waals surface area (Å²) in [5.41, 5.74) is 0. The van der Waals surface area contributed by atoms with Crippen molar-refractivity contribution >= 4 is 8.80 Å². The van der Waals surface area contributed by atoms with Gasteiger partial charge >= 0.3 is 8.80 Å². The maximum atomic E-state index is 6.26. The summed E-state index contributed by atoms with van der Waals surface area (Å²) in [5, 5.41) is 0. The third-order valence-electron chi connectivity index (χ3n) is 3.94. The fraction of sp³-hybridized carbons (Fsp3) is 0.947. The molecule has 0 aliphatic carbocycles. The fourth-order valence-electron chi connectivity index (χ4n) is 2.42. The highest BCUT2D eigenvalue weighted by Gasteiger charge is 2.40. The van der Waals surface area contributed by atoms with Crippen LogP contribution in [0, 0.1) is 6.92 Å². The normalized spacial score (nSPS) is 12.0. The second-order valence-corrected chi connectivity index (χ2v) is 9.04. The van der Waals surface area contributed by atoms with Crippen molar-refractivity contribution < 1.29 is 13.3 Å². The van der Waals surface area contributed by atoms with E-state index >= 15 is 0 Å². The van der Waals surface area contributed by atoms with E-state index in [1.165, 1.54) is 38.5 Å². The molecule has 0 atom stereocenters. The number of rotatable bonds is 18. The standard InChI is InChI=1S/C19H41O3Si/c1-5-9-13-16-20-23(19-12-8-4,21-17-14-10-6-2)22-18-15-11-7-3/h4-19H2,1-3H3. The molecule has 3 nitrogen and oxygen atoms in total. The molecule has 0 unspecified atom stereocenters. The van der Waals surface area contributed by atoms with Crippen LogP contribution >= 0.6 is 0 Å². The lowest BCUT2D eigenvalue weighted by molar-refractivity contribution is 0.0550. The summed E-state index contributed by atoms with van der Waals surface area (Å²) in [7, 11) is -2.51. The van der Waals surface area contributed by atoms with Gasteiger partial charge in [-0.05, 0) is 25.7 Å². The van der Waals surface area contributed by atoms with Gasteiger partial charge in [-0.25, -0.2) is 0 Å². The predicted octanol–water partition coefficient (Wildman–Crippen LogP) is 6.16. The van der Waals surface area contributed by atoms with E-state index < -0.39 is 8.80 Å². The van der Waals surface area contributed by atoms with E-state index in [0.29, 0.717) is 0 Å². The van der Waals surface area contributed by atoms with Crippen molar-refractivity contribution in [1.29, 1.82) is 0 Å². The average Bonchev–Trinajstić information content (AvgIpc) is 2.57. The van der Waals surface area contributed by atoms with Crippen molar-refractivity contribution in [1.82, 2.24) is 0 Å². The highest BCUT2D eigenvalue weighted by molar-refractivity contribution is 6.60. The molecule has 4 heteroatoms. The van der Waals surface area contributed by atoms with Crippen molar-refractivity contribution in [2.24, 2.45) is 0 Å². The number of unbranched alkanes of at least 4 members (excludes halogenated alkanes) is 7. The highest BCUT2D eigenvalue weighted by Crippen LogP contribution is 2.21. The topological polar surface area (TPSA) is 27.7 Å². The Morgan fingerprint density at radius 3 is 1.30 bits per heavy atom. The summed E-state index contributed by atoms with van der Waals surface area (Å²) in [5.74, 6) is 0. The van der Waals surface area contributed by atoms with Crippen LogP contribution in [0.15, 0.2) is 0 Å². The lowest BCUT2D eigenvalue weighted by Crippen LogP contribution is -2.46. The van der Waals surface area contributed by atoms with Crippen molar-refractivity contribution in [3.05, 3.63) is 6.92 Å². The molecule has 0 N–H and O–H groups in total. The molecule has 0 aromatic heterocycles.